The zero-order chi connectivity index (χ0) is 14.8. The Kier molecular flexibility index (Phi) is 2.76. The van der Waals surface area contributed by atoms with Gasteiger partial charge >= 0.3 is 0 Å². The topological polar surface area (TPSA) is 40.5 Å². The Balaban J connectivity index is 1.78. The standard InChI is InChI=1S/C19H26O2/c1-18-9-7-12-11-13(20)3-4-14(12)15(18)8-10-19(2)16(18)5-6-17(19)21/h3-4,11,15-17,20-21H,5-10H2,1-2H3/t15-,16+,17-,18-,19+/m1/s1. The lowest BCUT2D eigenvalue weighted by Gasteiger charge is -2.57. The predicted octanol–water partition coefficient (Wildman–Crippen LogP) is 4.00. The summed E-state index contributed by atoms with van der Waals surface area (Å²) in [6, 6.07) is 5.97. The first-order valence-corrected chi connectivity index (χ1v) is 8.45. The quantitative estimate of drug-likeness (QED) is 0.757. The number of hydrogen-bond acceptors (Lipinski definition) is 2. The molecule has 3 aliphatic carbocycles. The van der Waals surface area contributed by atoms with Crippen molar-refractivity contribution >= 4 is 0 Å². The molecule has 3 aliphatic rings. The number of hydrogen-bond donors (Lipinski definition) is 2. The molecule has 2 N–H and O–H groups in total. The molecule has 0 spiro atoms. The summed E-state index contributed by atoms with van der Waals surface area (Å²) in [5.74, 6) is 1.64. The average molecular weight is 286 g/mol. The minimum atomic E-state index is -0.110. The van der Waals surface area contributed by atoms with Crippen molar-refractivity contribution in [2.45, 2.75) is 64.4 Å². The summed E-state index contributed by atoms with van der Waals surface area (Å²) in [5, 5.41) is 20.2. The molecule has 1 aromatic rings. The Hall–Kier alpha value is -1.02. The highest BCUT2D eigenvalue weighted by atomic mass is 16.3. The second-order valence-corrected chi connectivity index (χ2v) is 8.13. The molecular weight excluding hydrogens is 260 g/mol. The molecule has 0 aliphatic heterocycles. The van der Waals surface area contributed by atoms with Gasteiger partial charge in [0.25, 0.3) is 0 Å². The Morgan fingerprint density at radius 1 is 1.05 bits per heavy atom. The molecule has 4 rings (SSSR count). The normalized spacial score (nSPS) is 44.8. The lowest BCUT2D eigenvalue weighted by Crippen LogP contribution is -2.50. The highest BCUT2D eigenvalue weighted by molar-refractivity contribution is 5.41. The van der Waals surface area contributed by atoms with Gasteiger partial charge in [-0.15, -0.1) is 0 Å². The average Bonchev–Trinajstić information content (AvgIpc) is 2.75. The van der Waals surface area contributed by atoms with E-state index in [-0.39, 0.29) is 11.5 Å². The van der Waals surface area contributed by atoms with E-state index >= 15 is 0 Å². The molecule has 1 aromatic carbocycles. The molecule has 5 atom stereocenters. The van der Waals surface area contributed by atoms with E-state index in [1.165, 1.54) is 30.4 Å². The van der Waals surface area contributed by atoms with Crippen LogP contribution in [0.2, 0.25) is 0 Å². The molecule has 0 radical (unpaired) electrons. The Morgan fingerprint density at radius 2 is 1.86 bits per heavy atom. The van der Waals surface area contributed by atoms with E-state index in [0.717, 1.165) is 19.3 Å². The van der Waals surface area contributed by atoms with Gasteiger partial charge in [0.2, 0.25) is 0 Å². The van der Waals surface area contributed by atoms with E-state index in [2.05, 4.69) is 19.9 Å². The molecule has 0 amide bonds. The van der Waals surface area contributed by atoms with Crippen LogP contribution in [0.15, 0.2) is 18.2 Å². The van der Waals surface area contributed by atoms with Crippen LogP contribution in [0.3, 0.4) is 0 Å². The maximum absolute atomic E-state index is 10.5. The Labute approximate surface area is 127 Å². The van der Waals surface area contributed by atoms with Gasteiger partial charge in [0.15, 0.2) is 0 Å². The number of rotatable bonds is 0. The smallest absolute Gasteiger partial charge is 0.115 e. The van der Waals surface area contributed by atoms with E-state index in [1.54, 1.807) is 0 Å². The van der Waals surface area contributed by atoms with Gasteiger partial charge in [-0.3, -0.25) is 0 Å². The number of benzene rings is 1. The van der Waals surface area contributed by atoms with Crippen LogP contribution in [0.4, 0.5) is 0 Å². The summed E-state index contributed by atoms with van der Waals surface area (Å²) in [6.07, 6.45) is 6.63. The minimum Gasteiger partial charge on any atom is -0.508 e. The number of aromatic hydroxyl groups is 1. The highest BCUT2D eigenvalue weighted by Crippen LogP contribution is 2.66. The van der Waals surface area contributed by atoms with Crippen molar-refractivity contribution in [3.63, 3.8) is 0 Å². The molecule has 0 saturated heterocycles. The first kappa shape index (κ1) is 13.6. The van der Waals surface area contributed by atoms with Crippen LogP contribution in [-0.4, -0.2) is 16.3 Å². The van der Waals surface area contributed by atoms with Gasteiger partial charge in [-0.1, -0.05) is 19.9 Å². The van der Waals surface area contributed by atoms with Crippen molar-refractivity contribution in [2.75, 3.05) is 0 Å². The van der Waals surface area contributed by atoms with Gasteiger partial charge in [0, 0.05) is 0 Å². The fraction of sp³-hybridized carbons (Fsp3) is 0.684. The van der Waals surface area contributed by atoms with Crippen LogP contribution in [-0.2, 0) is 6.42 Å². The van der Waals surface area contributed by atoms with Crippen LogP contribution in [0.1, 0.15) is 63.0 Å². The number of aliphatic hydroxyl groups is 1. The van der Waals surface area contributed by atoms with Gasteiger partial charge < -0.3 is 10.2 Å². The molecule has 114 valence electrons. The zero-order valence-electron chi connectivity index (χ0n) is 13.1. The van der Waals surface area contributed by atoms with Crippen molar-refractivity contribution in [2.24, 2.45) is 16.7 Å². The summed E-state index contributed by atoms with van der Waals surface area (Å²) in [4.78, 5) is 0. The second kappa shape index (κ2) is 4.25. The maximum Gasteiger partial charge on any atom is 0.115 e. The van der Waals surface area contributed by atoms with Crippen molar-refractivity contribution < 1.29 is 10.2 Å². The number of fused-ring (bicyclic) bond motifs is 5. The number of aliphatic hydroxyl groups excluding tert-OH is 1. The van der Waals surface area contributed by atoms with E-state index in [0.29, 0.717) is 23.0 Å². The lowest BCUT2D eigenvalue weighted by molar-refractivity contribution is -0.0666. The first-order chi connectivity index (χ1) is 9.95. The van der Waals surface area contributed by atoms with Crippen molar-refractivity contribution in [1.29, 1.82) is 0 Å². The number of phenols is 1. The van der Waals surface area contributed by atoms with Crippen LogP contribution in [0, 0.1) is 16.7 Å². The monoisotopic (exact) mass is 286 g/mol. The van der Waals surface area contributed by atoms with Crippen molar-refractivity contribution in [3.8, 4) is 5.75 Å². The molecule has 2 saturated carbocycles. The predicted molar refractivity (Wildman–Crippen MR) is 83.3 cm³/mol. The van der Waals surface area contributed by atoms with Crippen LogP contribution < -0.4 is 0 Å². The molecule has 0 aromatic heterocycles. The number of aryl methyl sites for hydroxylation is 1. The van der Waals surface area contributed by atoms with E-state index < -0.39 is 0 Å². The van der Waals surface area contributed by atoms with Crippen molar-refractivity contribution in [1.82, 2.24) is 0 Å². The van der Waals surface area contributed by atoms with Gasteiger partial charge in [0.1, 0.15) is 5.75 Å². The fourth-order valence-corrected chi connectivity index (χ4v) is 6.08. The Bertz CT molecular complexity index is 581. The zero-order valence-corrected chi connectivity index (χ0v) is 13.1. The SMILES string of the molecule is C[C@]12CC[C@@H]3c4ccc(O)cc4CC[C@@]3(C)[C@@H]1CC[C@H]2O. The second-order valence-electron chi connectivity index (χ2n) is 8.13. The van der Waals surface area contributed by atoms with Gasteiger partial charge in [0.05, 0.1) is 6.10 Å². The summed E-state index contributed by atoms with van der Waals surface area (Å²) < 4.78 is 0. The first-order valence-electron chi connectivity index (χ1n) is 8.45. The summed E-state index contributed by atoms with van der Waals surface area (Å²) in [7, 11) is 0. The molecule has 0 unspecified atom stereocenters. The third kappa shape index (κ3) is 1.69. The third-order valence-corrected chi connectivity index (χ3v) is 7.28. The van der Waals surface area contributed by atoms with Crippen molar-refractivity contribution in [3.05, 3.63) is 29.3 Å². The van der Waals surface area contributed by atoms with E-state index in [9.17, 15) is 10.2 Å². The fourth-order valence-electron chi connectivity index (χ4n) is 6.08. The van der Waals surface area contributed by atoms with Gasteiger partial charge in [-0.25, -0.2) is 0 Å². The molecule has 2 fully saturated rings. The number of phenolic OH excluding ortho intramolecular Hbond substituents is 1. The largest absolute Gasteiger partial charge is 0.508 e. The van der Waals surface area contributed by atoms with E-state index in [1.807, 2.05) is 12.1 Å². The molecule has 2 heteroatoms. The molecule has 21 heavy (non-hydrogen) atoms. The molecule has 0 bridgehead atoms. The minimum absolute atomic E-state index is 0.110. The van der Waals surface area contributed by atoms with Gasteiger partial charge in [-0.2, -0.15) is 0 Å². The van der Waals surface area contributed by atoms with Crippen LogP contribution in [0.25, 0.3) is 0 Å². The van der Waals surface area contributed by atoms with Gasteiger partial charge in [-0.05, 0) is 84.5 Å². The van der Waals surface area contributed by atoms with E-state index in [4.69, 9.17) is 0 Å². The molecule has 2 nitrogen and oxygen atoms in total. The lowest BCUT2D eigenvalue weighted by atomic mass is 9.48. The summed E-state index contributed by atoms with van der Waals surface area (Å²) >= 11 is 0. The molecular formula is C19H26O2. The highest BCUT2D eigenvalue weighted by Gasteiger charge is 2.59. The summed E-state index contributed by atoms with van der Waals surface area (Å²) in [6.45, 7) is 4.79. The van der Waals surface area contributed by atoms with Crippen LogP contribution in [0.5, 0.6) is 5.75 Å². The summed E-state index contributed by atoms with van der Waals surface area (Å²) in [5.41, 5.74) is 3.25. The maximum atomic E-state index is 10.5. The molecule has 0 heterocycles. The third-order valence-electron chi connectivity index (χ3n) is 7.28. The van der Waals surface area contributed by atoms with Crippen LogP contribution >= 0.6 is 0 Å². The Morgan fingerprint density at radius 3 is 2.67 bits per heavy atom.